The molecule has 4 N–H and O–H groups in total. The first kappa shape index (κ1) is 30.1. The van der Waals surface area contributed by atoms with Gasteiger partial charge >= 0.3 is 5.97 Å². The lowest BCUT2D eigenvalue weighted by molar-refractivity contribution is -0.140. The van der Waals surface area contributed by atoms with Crippen molar-refractivity contribution in [3.05, 3.63) is 106 Å². The molecule has 0 bridgehead atoms. The lowest BCUT2D eigenvalue weighted by Gasteiger charge is -2.20. The molecular formula is C32H28ClFN6O5. The first-order valence-electron chi connectivity index (χ1n) is 14.1. The number of nitrogens with one attached hydrogen (secondary N) is 2. The number of pyridine rings is 1. The highest BCUT2D eigenvalue weighted by Crippen LogP contribution is 2.43. The average Bonchev–Trinajstić information content (AvgIpc) is 3.73. The quantitative estimate of drug-likeness (QED) is 0.150. The monoisotopic (exact) mass is 630 g/mol. The van der Waals surface area contributed by atoms with Crippen LogP contribution in [0.2, 0.25) is 5.02 Å². The summed E-state index contributed by atoms with van der Waals surface area (Å²) in [5.74, 6) is -0.318. The fraction of sp³-hybridized carbons (Fsp3) is 0.219. The lowest BCUT2D eigenvalue weighted by Crippen LogP contribution is -2.39. The smallest absolute Gasteiger partial charge is 0.323 e. The van der Waals surface area contributed by atoms with Crippen molar-refractivity contribution >= 4 is 17.6 Å². The van der Waals surface area contributed by atoms with E-state index in [1.54, 1.807) is 36.7 Å². The molecule has 2 heterocycles. The predicted molar refractivity (Wildman–Crippen MR) is 162 cm³/mol. The van der Waals surface area contributed by atoms with Gasteiger partial charge in [-0.3, -0.25) is 15.1 Å². The van der Waals surface area contributed by atoms with Gasteiger partial charge in [-0.05, 0) is 52.9 Å². The number of carboxylic acids is 1. The number of rotatable bonds is 12. The van der Waals surface area contributed by atoms with Crippen molar-refractivity contribution < 1.29 is 28.9 Å². The molecule has 45 heavy (non-hydrogen) atoms. The minimum Gasteiger partial charge on any atom is -0.488 e. The van der Waals surface area contributed by atoms with Crippen molar-refractivity contribution in [2.45, 2.75) is 38.1 Å². The Balaban J connectivity index is 1.27. The van der Waals surface area contributed by atoms with E-state index in [2.05, 4.69) is 30.9 Å². The van der Waals surface area contributed by atoms with E-state index in [-0.39, 0.29) is 25.1 Å². The summed E-state index contributed by atoms with van der Waals surface area (Å²) in [5, 5.41) is 35.9. The van der Waals surface area contributed by atoms with Gasteiger partial charge in [0.05, 0.1) is 11.6 Å². The second-order valence-corrected chi connectivity index (χ2v) is 10.9. The molecule has 0 radical (unpaired) electrons. The van der Waals surface area contributed by atoms with Gasteiger partial charge in [0.25, 0.3) is 0 Å². The van der Waals surface area contributed by atoms with Crippen molar-refractivity contribution in [3.8, 4) is 34.0 Å². The number of aliphatic hydroxyl groups excluding tert-OH is 1. The van der Waals surface area contributed by atoms with Gasteiger partial charge < -0.3 is 19.7 Å². The molecule has 13 heteroatoms. The summed E-state index contributed by atoms with van der Waals surface area (Å²) in [6, 6.07) is 16.4. The molecule has 2 atom stereocenters. The van der Waals surface area contributed by atoms with Gasteiger partial charge in [0.1, 0.15) is 36.1 Å². The third-order valence-corrected chi connectivity index (χ3v) is 7.87. The highest BCUT2D eigenvalue weighted by molar-refractivity contribution is 6.32. The maximum atomic E-state index is 14.7. The van der Waals surface area contributed by atoms with Gasteiger partial charge in [-0.2, -0.15) is 5.21 Å². The fourth-order valence-electron chi connectivity index (χ4n) is 5.36. The Bertz CT molecular complexity index is 1820. The molecular weight excluding hydrogens is 603 g/mol. The zero-order valence-corrected chi connectivity index (χ0v) is 24.5. The summed E-state index contributed by atoms with van der Waals surface area (Å²) < 4.78 is 27.3. The van der Waals surface area contributed by atoms with Crippen LogP contribution < -0.4 is 14.8 Å². The zero-order chi connectivity index (χ0) is 31.3. The molecule has 6 rings (SSSR count). The van der Waals surface area contributed by atoms with Gasteiger partial charge in [-0.1, -0.05) is 48.0 Å². The number of ether oxygens (including phenoxy) is 2. The van der Waals surface area contributed by atoms with E-state index in [1.807, 2.05) is 30.3 Å². The van der Waals surface area contributed by atoms with Crippen molar-refractivity contribution in [2.75, 3.05) is 6.61 Å². The second kappa shape index (κ2) is 13.4. The highest BCUT2D eigenvalue weighted by atomic mass is 35.5. The number of aromatic amines is 1. The Morgan fingerprint density at radius 3 is 2.73 bits per heavy atom. The lowest BCUT2D eigenvalue weighted by atomic mass is 9.96. The number of tetrazole rings is 1. The minimum absolute atomic E-state index is 0.0479. The number of nitrogens with zero attached hydrogens (tertiary/aromatic N) is 4. The third-order valence-electron chi connectivity index (χ3n) is 7.58. The summed E-state index contributed by atoms with van der Waals surface area (Å²) in [4.78, 5) is 15.7. The number of halogens is 2. The second-order valence-electron chi connectivity index (χ2n) is 10.4. The van der Waals surface area contributed by atoms with E-state index >= 15 is 0 Å². The number of carbonyl (C=O) groups is 1. The molecule has 230 valence electrons. The van der Waals surface area contributed by atoms with E-state index in [0.29, 0.717) is 51.9 Å². The van der Waals surface area contributed by atoms with Crippen LogP contribution in [0.4, 0.5) is 4.39 Å². The van der Waals surface area contributed by atoms with Crippen molar-refractivity contribution in [3.63, 3.8) is 0 Å². The number of aliphatic carboxylic acids is 1. The van der Waals surface area contributed by atoms with Crippen LogP contribution in [0.25, 0.3) is 22.5 Å². The molecule has 1 aliphatic rings. The van der Waals surface area contributed by atoms with Crippen molar-refractivity contribution in [1.29, 1.82) is 0 Å². The van der Waals surface area contributed by atoms with Crippen molar-refractivity contribution in [2.24, 2.45) is 0 Å². The number of aromatic nitrogens is 5. The van der Waals surface area contributed by atoms with E-state index in [1.165, 1.54) is 6.07 Å². The van der Waals surface area contributed by atoms with Crippen LogP contribution in [0.5, 0.6) is 11.5 Å². The first-order chi connectivity index (χ1) is 21.9. The number of H-pyrrole nitrogens is 1. The first-order valence-corrected chi connectivity index (χ1v) is 14.5. The number of fused-ring (bicyclic) bond motifs is 1. The summed E-state index contributed by atoms with van der Waals surface area (Å²) in [5.41, 5.74) is 5.28. The Labute approximate surface area is 262 Å². The molecule has 11 nitrogen and oxygen atoms in total. The van der Waals surface area contributed by atoms with Crippen LogP contribution in [-0.2, 0) is 24.4 Å². The van der Waals surface area contributed by atoms with Gasteiger partial charge in [0.2, 0.25) is 5.82 Å². The average molecular weight is 631 g/mol. The van der Waals surface area contributed by atoms with Gasteiger partial charge in [0, 0.05) is 47.3 Å². The maximum Gasteiger partial charge on any atom is 0.323 e. The topological polar surface area (TPSA) is 155 Å². The van der Waals surface area contributed by atoms with Gasteiger partial charge in [-0.15, -0.1) is 10.2 Å². The maximum absolute atomic E-state index is 14.7. The summed E-state index contributed by atoms with van der Waals surface area (Å²) >= 11 is 6.71. The number of hydrogen-bond acceptors (Lipinski definition) is 9. The van der Waals surface area contributed by atoms with Crippen molar-refractivity contribution in [1.82, 2.24) is 30.9 Å². The zero-order valence-electron chi connectivity index (χ0n) is 23.8. The number of aliphatic hydroxyl groups is 1. The number of carboxylic acid groups (broad SMARTS) is 1. The normalized spacial score (nSPS) is 14.6. The van der Waals surface area contributed by atoms with Gasteiger partial charge in [-0.25, -0.2) is 4.39 Å². The van der Waals surface area contributed by atoms with Crippen LogP contribution in [-0.4, -0.2) is 54.4 Å². The third kappa shape index (κ3) is 6.63. The number of benzene rings is 3. The Morgan fingerprint density at radius 1 is 1.11 bits per heavy atom. The summed E-state index contributed by atoms with van der Waals surface area (Å²) in [7, 11) is 0. The molecule has 0 spiro atoms. The SMILES string of the molecule is O=C(O)[C@H](CO)NCc1cc(Cl)c(O[C@H]2CCc3c(-c4ccccc4F)cccc32)cc1OCc1cncc(-c2nn[nH]n2)c1. The van der Waals surface area contributed by atoms with E-state index in [9.17, 15) is 19.4 Å². The molecule has 5 aromatic rings. The Hall–Kier alpha value is -4.91. The minimum atomic E-state index is -1.19. The Kier molecular flexibility index (Phi) is 8.96. The molecule has 0 unspecified atom stereocenters. The molecule has 0 aliphatic heterocycles. The molecule has 1 aliphatic carbocycles. The summed E-state index contributed by atoms with van der Waals surface area (Å²) in [6.07, 6.45) is 4.29. The highest BCUT2D eigenvalue weighted by Gasteiger charge is 2.28. The predicted octanol–water partition coefficient (Wildman–Crippen LogP) is 4.90. The van der Waals surface area contributed by atoms with E-state index < -0.39 is 18.6 Å². The number of hydrogen-bond donors (Lipinski definition) is 4. The molecule has 3 aromatic carbocycles. The molecule has 0 saturated carbocycles. The van der Waals surface area contributed by atoms with Crippen LogP contribution in [0.3, 0.4) is 0 Å². The van der Waals surface area contributed by atoms with Crippen LogP contribution in [0, 0.1) is 5.82 Å². The van der Waals surface area contributed by atoms with E-state index in [4.69, 9.17) is 21.1 Å². The van der Waals surface area contributed by atoms with E-state index in [0.717, 1.165) is 22.3 Å². The molecule has 0 saturated heterocycles. The standard InChI is InChI=1S/C32H28ClFN6O5/c33-25-11-19(15-36-27(16-41)32(42)43)29(44-17-18-10-20(14-35-13-18)31-37-39-40-38-31)12-30(25)45-28-9-8-22-21(5-3-6-24(22)28)23-4-1-2-7-26(23)34/h1-7,10-14,27-28,36,41H,8-9,15-17H2,(H,42,43)(H,37,38,39,40)/t27-,28-/m0/s1. The van der Waals surface area contributed by atoms with Crippen LogP contribution >= 0.6 is 11.6 Å². The largest absolute Gasteiger partial charge is 0.488 e. The fourth-order valence-corrected chi connectivity index (χ4v) is 5.59. The summed E-state index contributed by atoms with van der Waals surface area (Å²) in [6.45, 7) is -0.440. The van der Waals surface area contributed by atoms with Gasteiger partial charge in [0.15, 0.2) is 0 Å². The Morgan fingerprint density at radius 2 is 1.96 bits per heavy atom. The molecule has 0 fully saturated rings. The molecule has 2 aromatic heterocycles. The van der Waals surface area contributed by atoms with Crippen LogP contribution in [0.1, 0.15) is 34.8 Å². The van der Waals surface area contributed by atoms with Crippen LogP contribution in [0.15, 0.2) is 73.1 Å². The molecule has 0 amide bonds.